The van der Waals surface area contributed by atoms with E-state index < -0.39 is 0 Å². The van der Waals surface area contributed by atoms with Gasteiger partial charge in [-0.25, -0.2) is 0 Å². The third-order valence-corrected chi connectivity index (χ3v) is 6.39. The SMILES string of the molecule is O=C(c1ccc(NC(=S)NCc2ccc(N3CCCCC3)cc2)cc1)N1CCCCC1. The maximum atomic E-state index is 12.6. The predicted octanol–water partition coefficient (Wildman–Crippen LogP) is 4.79. The zero-order valence-electron chi connectivity index (χ0n) is 18.1. The van der Waals surface area contributed by atoms with E-state index in [1.165, 1.54) is 36.9 Å². The molecule has 0 saturated carbocycles. The molecule has 0 atom stereocenters. The number of benzene rings is 2. The second-order valence-corrected chi connectivity index (χ2v) is 8.86. The molecule has 164 valence electrons. The van der Waals surface area contributed by atoms with Crippen LogP contribution in [-0.4, -0.2) is 42.1 Å². The second-order valence-electron chi connectivity index (χ2n) is 8.45. The van der Waals surface area contributed by atoms with Gasteiger partial charge in [0.1, 0.15) is 0 Å². The van der Waals surface area contributed by atoms with E-state index in [0.29, 0.717) is 11.7 Å². The van der Waals surface area contributed by atoms with Gasteiger partial charge in [-0.3, -0.25) is 4.79 Å². The van der Waals surface area contributed by atoms with E-state index >= 15 is 0 Å². The Bertz CT molecular complexity index is 869. The number of likely N-dealkylation sites (tertiary alicyclic amines) is 1. The number of nitrogens with one attached hydrogen (secondary N) is 2. The van der Waals surface area contributed by atoms with Crippen molar-refractivity contribution in [2.24, 2.45) is 0 Å². The Morgan fingerprint density at radius 1 is 0.806 bits per heavy atom. The normalized spacial score (nSPS) is 16.6. The van der Waals surface area contributed by atoms with Gasteiger partial charge >= 0.3 is 0 Å². The molecule has 0 radical (unpaired) electrons. The topological polar surface area (TPSA) is 47.6 Å². The molecule has 2 aliphatic rings. The fourth-order valence-corrected chi connectivity index (χ4v) is 4.50. The molecule has 2 aromatic carbocycles. The van der Waals surface area contributed by atoms with Gasteiger partial charge < -0.3 is 20.4 Å². The zero-order valence-corrected chi connectivity index (χ0v) is 18.9. The Morgan fingerprint density at radius 2 is 1.42 bits per heavy atom. The van der Waals surface area contributed by atoms with Gasteiger partial charge in [-0.15, -0.1) is 0 Å². The standard InChI is InChI=1S/C25H32N4OS/c30-24(29-17-5-2-6-18-29)21-9-11-22(12-10-21)27-25(31)26-19-20-7-13-23(14-8-20)28-15-3-1-4-16-28/h7-14H,1-6,15-19H2,(H2,26,27,31). The van der Waals surface area contributed by atoms with Crippen molar-refractivity contribution in [1.82, 2.24) is 10.2 Å². The molecule has 31 heavy (non-hydrogen) atoms. The van der Waals surface area contributed by atoms with Crippen LogP contribution in [0, 0.1) is 0 Å². The number of anilines is 2. The lowest BCUT2D eigenvalue weighted by molar-refractivity contribution is 0.0724. The largest absolute Gasteiger partial charge is 0.372 e. The van der Waals surface area contributed by atoms with Crippen LogP contribution >= 0.6 is 12.2 Å². The van der Waals surface area contributed by atoms with E-state index in [-0.39, 0.29) is 5.91 Å². The molecule has 0 unspecified atom stereocenters. The molecular formula is C25H32N4OS. The van der Waals surface area contributed by atoms with Crippen LogP contribution in [-0.2, 0) is 6.54 Å². The van der Waals surface area contributed by atoms with E-state index in [0.717, 1.165) is 50.3 Å². The smallest absolute Gasteiger partial charge is 0.253 e. The maximum absolute atomic E-state index is 12.6. The summed E-state index contributed by atoms with van der Waals surface area (Å²) in [5.74, 6) is 0.125. The van der Waals surface area contributed by atoms with Crippen molar-refractivity contribution in [1.29, 1.82) is 0 Å². The third kappa shape index (κ3) is 5.97. The van der Waals surface area contributed by atoms with E-state index in [2.05, 4.69) is 39.8 Å². The Balaban J connectivity index is 1.24. The van der Waals surface area contributed by atoms with E-state index in [1.54, 1.807) is 0 Å². The summed E-state index contributed by atoms with van der Waals surface area (Å²) in [7, 11) is 0. The van der Waals surface area contributed by atoms with Gasteiger partial charge in [-0.1, -0.05) is 12.1 Å². The summed E-state index contributed by atoms with van der Waals surface area (Å²) in [6, 6.07) is 16.3. The number of nitrogens with zero attached hydrogens (tertiary/aromatic N) is 2. The molecular weight excluding hydrogens is 404 g/mol. The minimum absolute atomic E-state index is 0.125. The van der Waals surface area contributed by atoms with E-state index in [9.17, 15) is 4.79 Å². The number of hydrogen-bond acceptors (Lipinski definition) is 3. The molecule has 2 saturated heterocycles. The average Bonchev–Trinajstić information content (AvgIpc) is 2.84. The fraction of sp³-hybridized carbons (Fsp3) is 0.440. The van der Waals surface area contributed by atoms with Crippen LogP contribution in [0.4, 0.5) is 11.4 Å². The van der Waals surface area contributed by atoms with Crippen LogP contribution in [0.5, 0.6) is 0 Å². The van der Waals surface area contributed by atoms with Gasteiger partial charge in [0.15, 0.2) is 5.11 Å². The first-order valence-electron chi connectivity index (χ1n) is 11.5. The predicted molar refractivity (Wildman–Crippen MR) is 132 cm³/mol. The highest BCUT2D eigenvalue weighted by Crippen LogP contribution is 2.20. The lowest BCUT2D eigenvalue weighted by atomic mass is 10.1. The minimum Gasteiger partial charge on any atom is -0.372 e. The molecule has 2 N–H and O–H groups in total. The molecule has 5 nitrogen and oxygen atoms in total. The summed E-state index contributed by atoms with van der Waals surface area (Å²) in [6.45, 7) is 4.73. The summed E-state index contributed by atoms with van der Waals surface area (Å²) in [6.07, 6.45) is 7.35. The van der Waals surface area contributed by atoms with Crippen LogP contribution < -0.4 is 15.5 Å². The molecule has 0 aromatic heterocycles. The van der Waals surface area contributed by atoms with Gasteiger partial charge in [0, 0.05) is 49.7 Å². The van der Waals surface area contributed by atoms with Crippen LogP contribution in [0.15, 0.2) is 48.5 Å². The van der Waals surface area contributed by atoms with Crippen molar-refractivity contribution in [2.75, 3.05) is 36.4 Å². The molecule has 2 aliphatic heterocycles. The average molecular weight is 437 g/mol. The Kier molecular flexibility index (Phi) is 7.41. The third-order valence-electron chi connectivity index (χ3n) is 6.14. The van der Waals surface area contributed by atoms with E-state index in [1.807, 2.05) is 29.2 Å². The molecule has 2 fully saturated rings. The van der Waals surface area contributed by atoms with Gasteiger partial charge in [0.05, 0.1) is 0 Å². The number of carbonyl (C=O) groups is 1. The van der Waals surface area contributed by atoms with Crippen molar-refractivity contribution in [3.05, 3.63) is 59.7 Å². The summed E-state index contributed by atoms with van der Waals surface area (Å²) in [4.78, 5) is 17.0. The van der Waals surface area contributed by atoms with Crippen LogP contribution in [0.2, 0.25) is 0 Å². The number of thiocarbonyl (C=S) groups is 1. The van der Waals surface area contributed by atoms with Gasteiger partial charge in [0.2, 0.25) is 0 Å². The van der Waals surface area contributed by atoms with Crippen molar-refractivity contribution in [2.45, 2.75) is 45.1 Å². The summed E-state index contributed by atoms with van der Waals surface area (Å²) < 4.78 is 0. The van der Waals surface area contributed by atoms with Crippen LogP contribution in [0.1, 0.15) is 54.4 Å². The molecule has 0 aliphatic carbocycles. The molecule has 2 heterocycles. The summed E-state index contributed by atoms with van der Waals surface area (Å²) >= 11 is 5.44. The van der Waals surface area contributed by atoms with Gasteiger partial charge in [-0.2, -0.15) is 0 Å². The first-order valence-corrected chi connectivity index (χ1v) is 11.9. The Morgan fingerprint density at radius 3 is 2.06 bits per heavy atom. The minimum atomic E-state index is 0.125. The molecule has 0 bridgehead atoms. The molecule has 2 aromatic rings. The first kappa shape index (κ1) is 21.6. The summed E-state index contributed by atoms with van der Waals surface area (Å²) in [5, 5.41) is 7.05. The number of carbonyl (C=O) groups excluding carboxylic acids is 1. The molecule has 6 heteroatoms. The summed E-state index contributed by atoms with van der Waals surface area (Å²) in [5.41, 5.74) is 4.13. The number of piperidine rings is 2. The fourth-order valence-electron chi connectivity index (χ4n) is 4.31. The van der Waals surface area contributed by atoms with Crippen molar-refractivity contribution in [3.8, 4) is 0 Å². The first-order chi connectivity index (χ1) is 15.2. The lowest BCUT2D eigenvalue weighted by Crippen LogP contribution is -2.35. The van der Waals surface area contributed by atoms with Crippen molar-refractivity contribution >= 4 is 34.6 Å². The zero-order chi connectivity index (χ0) is 21.5. The number of rotatable bonds is 5. The van der Waals surface area contributed by atoms with Crippen LogP contribution in [0.25, 0.3) is 0 Å². The van der Waals surface area contributed by atoms with Crippen molar-refractivity contribution < 1.29 is 4.79 Å². The Hall–Kier alpha value is -2.60. The van der Waals surface area contributed by atoms with Gasteiger partial charge in [0.25, 0.3) is 5.91 Å². The highest BCUT2D eigenvalue weighted by Gasteiger charge is 2.18. The Labute approximate surface area is 190 Å². The maximum Gasteiger partial charge on any atom is 0.253 e. The number of amides is 1. The van der Waals surface area contributed by atoms with Gasteiger partial charge in [-0.05, 0) is 92.7 Å². The molecule has 0 spiro atoms. The lowest BCUT2D eigenvalue weighted by Gasteiger charge is -2.28. The molecule has 1 amide bonds. The molecule has 4 rings (SSSR count). The highest BCUT2D eigenvalue weighted by atomic mass is 32.1. The van der Waals surface area contributed by atoms with Crippen molar-refractivity contribution in [3.63, 3.8) is 0 Å². The monoisotopic (exact) mass is 436 g/mol. The number of hydrogen-bond donors (Lipinski definition) is 2. The van der Waals surface area contributed by atoms with Crippen LogP contribution in [0.3, 0.4) is 0 Å². The second kappa shape index (κ2) is 10.6. The highest BCUT2D eigenvalue weighted by molar-refractivity contribution is 7.80. The quantitative estimate of drug-likeness (QED) is 0.660. The van der Waals surface area contributed by atoms with E-state index in [4.69, 9.17) is 12.2 Å².